The van der Waals surface area contributed by atoms with E-state index in [4.69, 9.17) is 9.47 Å². The van der Waals surface area contributed by atoms with Gasteiger partial charge in [0, 0.05) is 0 Å². The third-order valence-corrected chi connectivity index (χ3v) is 3.45. The van der Waals surface area contributed by atoms with Crippen LogP contribution in [0.25, 0.3) is 0 Å². The Morgan fingerprint density at radius 3 is 2.39 bits per heavy atom. The van der Waals surface area contributed by atoms with E-state index in [-0.39, 0.29) is 0 Å². The Hall–Kier alpha value is -1.73. The molecule has 4 heteroatoms. The first kappa shape index (κ1) is 12.7. The number of likely N-dealkylation sites (N-methyl/N-ethyl adjacent to an activating group) is 1. The largest absolute Gasteiger partial charge is 0.497 e. The van der Waals surface area contributed by atoms with Gasteiger partial charge in [-0.3, -0.25) is 5.32 Å². The summed E-state index contributed by atoms with van der Waals surface area (Å²) in [6.45, 7) is 0.372. The van der Waals surface area contributed by atoms with E-state index in [2.05, 4.69) is 11.4 Å². The standard InChI is InChI=1S/C14H18N2O2/c1-16-14(9-15,11-3-4-11)10-18-13-7-5-12(17-2)6-8-13/h5-8,11,16H,3-4,10H2,1-2H3. The topological polar surface area (TPSA) is 54.3 Å². The number of benzene rings is 1. The molecule has 0 aromatic heterocycles. The monoisotopic (exact) mass is 246 g/mol. The Morgan fingerprint density at radius 1 is 1.33 bits per heavy atom. The third-order valence-electron chi connectivity index (χ3n) is 3.45. The molecule has 0 amide bonds. The lowest BCUT2D eigenvalue weighted by Gasteiger charge is -2.25. The highest BCUT2D eigenvalue weighted by Gasteiger charge is 2.45. The van der Waals surface area contributed by atoms with E-state index in [9.17, 15) is 5.26 Å². The molecule has 2 rings (SSSR count). The fourth-order valence-electron chi connectivity index (χ4n) is 2.02. The maximum absolute atomic E-state index is 9.33. The van der Waals surface area contributed by atoms with Gasteiger partial charge < -0.3 is 9.47 Å². The van der Waals surface area contributed by atoms with Crippen molar-refractivity contribution in [1.82, 2.24) is 5.32 Å². The van der Waals surface area contributed by atoms with E-state index in [0.29, 0.717) is 12.5 Å². The number of rotatable bonds is 6. The van der Waals surface area contributed by atoms with Crippen molar-refractivity contribution in [3.8, 4) is 17.6 Å². The van der Waals surface area contributed by atoms with Crippen LogP contribution in [0.2, 0.25) is 0 Å². The average molecular weight is 246 g/mol. The van der Waals surface area contributed by atoms with Crippen LogP contribution in [0.15, 0.2) is 24.3 Å². The van der Waals surface area contributed by atoms with Crippen LogP contribution >= 0.6 is 0 Å². The van der Waals surface area contributed by atoms with Gasteiger partial charge in [-0.15, -0.1) is 0 Å². The number of methoxy groups -OCH3 is 1. The smallest absolute Gasteiger partial charge is 0.143 e. The molecular formula is C14H18N2O2. The van der Waals surface area contributed by atoms with Gasteiger partial charge in [0.1, 0.15) is 23.6 Å². The quantitative estimate of drug-likeness (QED) is 0.833. The van der Waals surface area contributed by atoms with Gasteiger partial charge in [0.05, 0.1) is 13.2 Å². The van der Waals surface area contributed by atoms with Crippen LogP contribution in [-0.4, -0.2) is 26.3 Å². The molecule has 1 atom stereocenters. The van der Waals surface area contributed by atoms with Crippen LogP contribution in [0.5, 0.6) is 11.5 Å². The molecule has 1 N–H and O–H groups in total. The third kappa shape index (κ3) is 2.57. The van der Waals surface area contributed by atoms with E-state index in [1.807, 2.05) is 31.3 Å². The molecule has 96 valence electrons. The molecule has 1 aliphatic carbocycles. The summed E-state index contributed by atoms with van der Waals surface area (Å²) in [6, 6.07) is 9.75. The van der Waals surface area contributed by atoms with Gasteiger partial charge in [-0.05, 0) is 50.1 Å². The van der Waals surface area contributed by atoms with Gasteiger partial charge in [0.2, 0.25) is 0 Å². The minimum absolute atomic E-state index is 0.372. The van der Waals surface area contributed by atoms with Crippen molar-refractivity contribution in [1.29, 1.82) is 5.26 Å². The van der Waals surface area contributed by atoms with Gasteiger partial charge in [-0.25, -0.2) is 0 Å². The van der Waals surface area contributed by atoms with Crippen LogP contribution in [0.4, 0.5) is 0 Å². The summed E-state index contributed by atoms with van der Waals surface area (Å²) in [6.07, 6.45) is 2.20. The second kappa shape index (κ2) is 5.28. The second-order valence-electron chi connectivity index (χ2n) is 4.57. The molecule has 4 nitrogen and oxygen atoms in total. The van der Waals surface area contributed by atoms with Gasteiger partial charge in [-0.1, -0.05) is 0 Å². The Labute approximate surface area is 108 Å². The Morgan fingerprint density at radius 2 is 1.94 bits per heavy atom. The number of hydrogen-bond donors (Lipinski definition) is 1. The van der Waals surface area contributed by atoms with Crippen molar-refractivity contribution in [2.24, 2.45) is 5.92 Å². The van der Waals surface area contributed by atoms with Crippen LogP contribution in [-0.2, 0) is 0 Å². The number of ether oxygens (including phenoxy) is 2. The highest BCUT2D eigenvalue weighted by atomic mass is 16.5. The van der Waals surface area contributed by atoms with Crippen LogP contribution in [0.3, 0.4) is 0 Å². The van der Waals surface area contributed by atoms with Gasteiger partial charge >= 0.3 is 0 Å². The number of nitrogens with zero attached hydrogens (tertiary/aromatic N) is 1. The molecule has 0 radical (unpaired) electrons. The molecule has 0 heterocycles. The van der Waals surface area contributed by atoms with Gasteiger partial charge in [0.15, 0.2) is 0 Å². The van der Waals surface area contributed by atoms with Crippen molar-refractivity contribution >= 4 is 0 Å². The second-order valence-corrected chi connectivity index (χ2v) is 4.57. The summed E-state index contributed by atoms with van der Waals surface area (Å²) < 4.78 is 10.8. The summed E-state index contributed by atoms with van der Waals surface area (Å²) >= 11 is 0. The molecule has 1 saturated carbocycles. The molecule has 18 heavy (non-hydrogen) atoms. The zero-order valence-corrected chi connectivity index (χ0v) is 10.8. The zero-order chi connectivity index (χ0) is 13.0. The maximum Gasteiger partial charge on any atom is 0.143 e. The van der Waals surface area contributed by atoms with Crippen molar-refractivity contribution in [2.75, 3.05) is 20.8 Å². The van der Waals surface area contributed by atoms with Crippen LogP contribution in [0.1, 0.15) is 12.8 Å². The lowest BCUT2D eigenvalue weighted by Crippen LogP contribution is -2.49. The number of nitriles is 1. The SMILES string of the molecule is CNC(C#N)(COc1ccc(OC)cc1)C1CC1. The van der Waals surface area contributed by atoms with Gasteiger partial charge in [-0.2, -0.15) is 5.26 Å². The number of hydrogen-bond acceptors (Lipinski definition) is 4. The molecule has 1 unspecified atom stereocenters. The fraction of sp³-hybridized carbons (Fsp3) is 0.500. The van der Waals surface area contributed by atoms with E-state index in [1.165, 1.54) is 0 Å². The van der Waals surface area contributed by atoms with E-state index >= 15 is 0 Å². The predicted octanol–water partition coefficient (Wildman–Crippen LogP) is 1.97. The molecule has 1 fully saturated rings. The Bertz CT molecular complexity index is 434. The van der Waals surface area contributed by atoms with Gasteiger partial charge in [0.25, 0.3) is 0 Å². The van der Waals surface area contributed by atoms with Crippen molar-refractivity contribution in [3.05, 3.63) is 24.3 Å². The van der Waals surface area contributed by atoms with E-state index in [1.54, 1.807) is 7.11 Å². The molecule has 0 spiro atoms. The predicted molar refractivity (Wildman–Crippen MR) is 68.6 cm³/mol. The maximum atomic E-state index is 9.33. The Balaban J connectivity index is 1.99. The highest BCUT2D eigenvalue weighted by molar-refractivity contribution is 5.31. The van der Waals surface area contributed by atoms with Crippen molar-refractivity contribution in [2.45, 2.75) is 18.4 Å². The minimum Gasteiger partial charge on any atom is -0.497 e. The first-order valence-electron chi connectivity index (χ1n) is 6.11. The van der Waals surface area contributed by atoms with Crippen molar-refractivity contribution in [3.63, 3.8) is 0 Å². The van der Waals surface area contributed by atoms with E-state index < -0.39 is 5.54 Å². The first-order chi connectivity index (χ1) is 8.74. The van der Waals surface area contributed by atoms with Crippen LogP contribution in [0, 0.1) is 17.2 Å². The molecule has 1 aromatic rings. The Kier molecular flexibility index (Phi) is 3.73. The summed E-state index contributed by atoms with van der Waals surface area (Å²) in [5, 5.41) is 12.4. The van der Waals surface area contributed by atoms with Crippen LogP contribution < -0.4 is 14.8 Å². The van der Waals surface area contributed by atoms with E-state index in [0.717, 1.165) is 24.3 Å². The summed E-state index contributed by atoms with van der Waals surface area (Å²) in [7, 11) is 3.45. The molecule has 1 aliphatic rings. The zero-order valence-electron chi connectivity index (χ0n) is 10.8. The fourth-order valence-corrected chi connectivity index (χ4v) is 2.02. The summed E-state index contributed by atoms with van der Waals surface area (Å²) in [5.74, 6) is 1.96. The summed E-state index contributed by atoms with van der Waals surface area (Å²) in [4.78, 5) is 0. The molecule has 0 aliphatic heterocycles. The number of nitrogens with one attached hydrogen (secondary N) is 1. The molecule has 0 bridgehead atoms. The molecule has 1 aromatic carbocycles. The lowest BCUT2D eigenvalue weighted by molar-refractivity contribution is 0.210. The summed E-state index contributed by atoms with van der Waals surface area (Å²) in [5.41, 5.74) is -0.556. The highest BCUT2D eigenvalue weighted by Crippen LogP contribution is 2.39. The average Bonchev–Trinajstić information content (AvgIpc) is 3.26. The minimum atomic E-state index is -0.556. The first-order valence-corrected chi connectivity index (χ1v) is 6.11. The molecule has 0 saturated heterocycles. The lowest BCUT2D eigenvalue weighted by atomic mass is 9.96. The molecular weight excluding hydrogens is 228 g/mol. The normalized spacial score (nSPS) is 17.6. The van der Waals surface area contributed by atoms with Crippen molar-refractivity contribution < 1.29 is 9.47 Å².